The van der Waals surface area contributed by atoms with Gasteiger partial charge in [0.25, 0.3) is 0 Å². The molecular formula is C25H42O3. The highest BCUT2D eigenvalue weighted by molar-refractivity contribution is 5.66. The van der Waals surface area contributed by atoms with Gasteiger partial charge in [-0.25, -0.2) is 0 Å². The molecule has 0 saturated heterocycles. The van der Waals surface area contributed by atoms with Crippen molar-refractivity contribution in [3.63, 3.8) is 0 Å². The van der Waals surface area contributed by atoms with Crippen LogP contribution >= 0.6 is 0 Å². The van der Waals surface area contributed by atoms with Gasteiger partial charge >= 0.3 is 5.97 Å². The lowest BCUT2D eigenvalue weighted by Gasteiger charge is -2.65. The molecule has 0 heterocycles. The summed E-state index contributed by atoms with van der Waals surface area (Å²) in [6, 6.07) is 0. The van der Waals surface area contributed by atoms with Gasteiger partial charge in [-0.3, -0.25) is 4.79 Å². The minimum atomic E-state index is -0.502. The number of hydrogen-bond donors (Lipinski definition) is 1. The topological polar surface area (TPSA) is 46.5 Å². The first-order valence-corrected chi connectivity index (χ1v) is 12.0. The maximum atomic E-state index is 11.6. The average molecular weight is 391 g/mol. The van der Waals surface area contributed by atoms with Gasteiger partial charge in [-0.05, 0) is 90.8 Å². The number of aliphatic hydroxyl groups is 1. The number of carbonyl (C=O) groups is 1. The Balaban J connectivity index is 1.68. The first-order valence-electron chi connectivity index (χ1n) is 12.0. The van der Waals surface area contributed by atoms with Gasteiger partial charge in [0, 0.05) is 6.92 Å². The molecule has 160 valence electrons. The molecule has 0 bridgehead atoms. The van der Waals surface area contributed by atoms with Crippen molar-refractivity contribution in [2.24, 2.45) is 52.3 Å². The van der Waals surface area contributed by atoms with Crippen LogP contribution in [0.15, 0.2) is 0 Å². The Morgan fingerprint density at radius 3 is 2.36 bits per heavy atom. The Morgan fingerprint density at radius 1 is 1.04 bits per heavy atom. The minimum Gasteiger partial charge on any atom is -0.460 e. The van der Waals surface area contributed by atoms with E-state index in [1.54, 1.807) is 0 Å². The summed E-state index contributed by atoms with van der Waals surface area (Å²) in [5.74, 6) is 4.89. The number of hydrogen-bond acceptors (Lipinski definition) is 3. The van der Waals surface area contributed by atoms with Crippen molar-refractivity contribution in [2.45, 2.75) is 98.7 Å². The van der Waals surface area contributed by atoms with Crippen LogP contribution in [0.4, 0.5) is 0 Å². The first-order chi connectivity index (χ1) is 13.1. The summed E-state index contributed by atoms with van der Waals surface area (Å²) in [5.41, 5.74) is 0.706. The van der Waals surface area contributed by atoms with Gasteiger partial charge < -0.3 is 9.84 Å². The van der Waals surface area contributed by atoms with E-state index in [-0.39, 0.29) is 17.5 Å². The van der Waals surface area contributed by atoms with Crippen LogP contribution < -0.4 is 0 Å². The Kier molecular flexibility index (Phi) is 5.17. The average Bonchev–Trinajstić information content (AvgIpc) is 2.97. The Bertz CT molecular complexity index is 617. The summed E-state index contributed by atoms with van der Waals surface area (Å²) >= 11 is 0. The smallest absolute Gasteiger partial charge is 0.302 e. The normalized spacial score (nSPS) is 55.8. The van der Waals surface area contributed by atoms with Crippen LogP contribution in [0.3, 0.4) is 0 Å². The van der Waals surface area contributed by atoms with Gasteiger partial charge in [-0.15, -0.1) is 0 Å². The zero-order chi connectivity index (χ0) is 20.4. The zero-order valence-electron chi connectivity index (χ0n) is 18.9. The summed E-state index contributed by atoms with van der Waals surface area (Å²) in [6.45, 7) is 13.9. The van der Waals surface area contributed by atoms with E-state index in [9.17, 15) is 9.90 Å². The predicted octanol–water partition coefficient (Wildman–Crippen LogP) is 5.45. The lowest BCUT2D eigenvalue weighted by molar-refractivity contribution is -0.205. The van der Waals surface area contributed by atoms with E-state index in [1.807, 2.05) is 0 Å². The van der Waals surface area contributed by atoms with Crippen molar-refractivity contribution in [1.29, 1.82) is 0 Å². The predicted molar refractivity (Wildman–Crippen MR) is 112 cm³/mol. The molecule has 11 atom stereocenters. The van der Waals surface area contributed by atoms with Crippen LogP contribution in [-0.4, -0.2) is 23.3 Å². The van der Waals surface area contributed by atoms with Gasteiger partial charge in [0.2, 0.25) is 0 Å². The Labute approximate surface area is 172 Å². The number of ether oxygens (including phenoxy) is 1. The Hall–Kier alpha value is -0.570. The molecule has 0 aromatic rings. The van der Waals surface area contributed by atoms with Crippen LogP contribution in [0, 0.1) is 52.3 Å². The lowest BCUT2D eigenvalue weighted by atomic mass is 9.40. The molecule has 0 aliphatic heterocycles. The van der Waals surface area contributed by atoms with Crippen LogP contribution in [0.2, 0.25) is 0 Å². The second kappa shape index (κ2) is 7.00. The monoisotopic (exact) mass is 390 g/mol. The second-order valence-corrected chi connectivity index (χ2v) is 11.5. The minimum absolute atomic E-state index is 0.182. The maximum Gasteiger partial charge on any atom is 0.302 e. The third-order valence-electron chi connectivity index (χ3n) is 10.7. The van der Waals surface area contributed by atoms with E-state index in [0.29, 0.717) is 23.2 Å². The van der Waals surface area contributed by atoms with Gasteiger partial charge in [0.15, 0.2) is 0 Å². The number of aliphatic hydroxyl groups excluding tert-OH is 1. The lowest BCUT2D eigenvalue weighted by Crippen LogP contribution is -2.61. The fourth-order valence-electron chi connectivity index (χ4n) is 9.17. The van der Waals surface area contributed by atoms with Gasteiger partial charge in [0.1, 0.15) is 6.10 Å². The Morgan fingerprint density at radius 2 is 1.71 bits per heavy atom. The highest BCUT2D eigenvalue weighted by Crippen LogP contribution is 2.70. The van der Waals surface area contributed by atoms with Crippen molar-refractivity contribution in [2.75, 3.05) is 0 Å². The van der Waals surface area contributed by atoms with E-state index in [2.05, 4.69) is 34.6 Å². The van der Waals surface area contributed by atoms with Crippen molar-refractivity contribution >= 4 is 5.97 Å². The third-order valence-corrected chi connectivity index (χ3v) is 10.7. The molecule has 0 aromatic carbocycles. The fourth-order valence-corrected chi connectivity index (χ4v) is 9.17. The van der Waals surface area contributed by atoms with Crippen LogP contribution in [-0.2, 0) is 9.53 Å². The van der Waals surface area contributed by atoms with Crippen molar-refractivity contribution in [3.8, 4) is 0 Å². The molecule has 28 heavy (non-hydrogen) atoms. The number of rotatable bonds is 2. The highest BCUT2D eigenvalue weighted by Gasteiger charge is 2.64. The SMILES string of the molecule is CC[C@H]1CCC2C3C(C)[C@H](C)C4CC(O)[C@H](OC(C)=O)C[C@]4(C)C3CC[C@@]21C. The molecule has 3 nitrogen and oxygen atoms in total. The van der Waals surface area contributed by atoms with Crippen molar-refractivity contribution < 1.29 is 14.6 Å². The van der Waals surface area contributed by atoms with E-state index in [0.717, 1.165) is 36.5 Å². The molecule has 4 aliphatic rings. The van der Waals surface area contributed by atoms with Gasteiger partial charge in [0.05, 0.1) is 6.10 Å². The van der Waals surface area contributed by atoms with E-state index >= 15 is 0 Å². The molecule has 4 rings (SSSR count). The summed E-state index contributed by atoms with van der Waals surface area (Å²) in [4.78, 5) is 11.6. The van der Waals surface area contributed by atoms with Crippen LogP contribution in [0.1, 0.15) is 86.5 Å². The van der Waals surface area contributed by atoms with Crippen LogP contribution in [0.5, 0.6) is 0 Å². The molecule has 0 aromatic heterocycles. The summed E-state index contributed by atoms with van der Waals surface area (Å²) in [6.07, 6.45) is 7.65. The molecule has 0 radical (unpaired) electrons. The molecule has 6 unspecified atom stereocenters. The highest BCUT2D eigenvalue weighted by atomic mass is 16.6. The van der Waals surface area contributed by atoms with Crippen LogP contribution in [0.25, 0.3) is 0 Å². The molecule has 4 aliphatic carbocycles. The summed E-state index contributed by atoms with van der Waals surface area (Å²) < 4.78 is 5.61. The molecule has 3 heteroatoms. The molecule has 4 fully saturated rings. The maximum absolute atomic E-state index is 11.6. The van der Waals surface area contributed by atoms with E-state index in [1.165, 1.54) is 39.0 Å². The molecule has 0 amide bonds. The summed E-state index contributed by atoms with van der Waals surface area (Å²) in [7, 11) is 0. The largest absolute Gasteiger partial charge is 0.460 e. The van der Waals surface area contributed by atoms with Gasteiger partial charge in [-0.1, -0.05) is 41.0 Å². The molecular weight excluding hydrogens is 348 g/mol. The van der Waals surface area contributed by atoms with Crippen molar-refractivity contribution in [3.05, 3.63) is 0 Å². The zero-order valence-corrected chi connectivity index (χ0v) is 18.9. The summed E-state index contributed by atoms with van der Waals surface area (Å²) in [5, 5.41) is 10.8. The first kappa shape index (κ1) is 20.7. The van der Waals surface area contributed by atoms with Crippen molar-refractivity contribution in [1.82, 2.24) is 0 Å². The molecule has 0 spiro atoms. The van der Waals surface area contributed by atoms with E-state index < -0.39 is 6.10 Å². The standard InChI is InChI=1S/C25H42O3/c1-7-17-8-9-18-23-15(3)14(2)20-12-21(27)22(28-16(4)26)13-25(20,6)19(23)10-11-24(17,18)5/h14-15,17-23,27H,7-13H2,1-6H3/t14-,15?,17-,18?,19?,20?,21?,22+,23?,24+,25+/m0/s1. The van der Waals surface area contributed by atoms with Gasteiger partial charge in [-0.2, -0.15) is 0 Å². The van der Waals surface area contributed by atoms with E-state index in [4.69, 9.17) is 4.74 Å². The third kappa shape index (κ3) is 2.81. The molecule has 4 saturated carbocycles. The molecule has 1 N–H and O–H groups in total. The number of esters is 1. The second-order valence-electron chi connectivity index (χ2n) is 11.5. The quantitative estimate of drug-likeness (QED) is 0.638. The number of carbonyl (C=O) groups excluding carboxylic acids is 1. The number of fused-ring (bicyclic) bond motifs is 5. The fraction of sp³-hybridized carbons (Fsp3) is 0.960.